The number of benzene rings is 2. The van der Waals surface area contributed by atoms with Gasteiger partial charge in [-0.15, -0.1) is 0 Å². The number of fused-ring (bicyclic) bond motifs is 1. The molecule has 0 unspecified atom stereocenters. The zero-order chi connectivity index (χ0) is 25.9. The number of nitrogens with zero attached hydrogens (tertiary/aromatic N) is 4. The van der Waals surface area contributed by atoms with E-state index in [1.807, 2.05) is 0 Å². The van der Waals surface area contributed by atoms with Crippen LogP contribution >= 0.6 is 11.6 Å². The van der Waals surface area contributed by atoms with E-state index in [0.29, 0.717) is 35.1 Å². The Kier molecular flexibility index (Phi) is 7.15. The molecule has 2 N–H and O–H groups in total. The molecule has 0 aliphatic carbocycles. The minimum atomic E-state index is -1.16. The summed E-state index contributed by atoms with van der Waals surface area (Å²) in [4.78, 5) is 21.5. The highest BCUT2D eigenvalue weighted by molar-refractivity contribution is 6.30. The van der Waals surface area contributed by atoms with Gasteiger partial charge in [0.15, 0.2) is 0 Å². The molecule has 1 saturated heterocycles. The molecule has 2 aromatic carbocycles. The molecule has 2 aromatic heterocycles. The number of alkyl halides is 1. The number of hydrogen-bond acceptors (Lipinski definition) is 7. The highest BCUT2D eigenvalue weighted by Gasteiger charge is 2.26. The average molecular weight is 529 g/mol. The van der Waals surface area contributed by atoms with Crippen LogP contribution in [0.15, 0.2) is 55.0 Å². The van der Waals surface area contributed by atoms with Crippen LogP contribution in [0.4, 0.5) is 19.5 Å². The van der Waals surface area contributed by atoms with Crippen LogP contribution in [0, 0.1) is 5.82 Å². The van der Waals surface area contributed by atoms with Gasteiger partial charge in [0.05, 0.1) is 35.4 Å². The summed E-state index contributed by atoms with van der Waals surface area (Å²) in [5, 5.41) is 10.6. The summed E-state index contributed by atoms with van der Waals surface area (Å²) in [6, 6.07) is 8.00. The fourth-order valence-corrected chi connectivity index (χ4v) is 4.18. The number of ether oxygens (including phenoxy) is 2. The molecule has 5 rings (SSSR count). The van der Waals surface area contributed by atoms with Crippen molar-refractivity contribution < 1.29 is 23.0 Å². The summed E-state index contributed by atoms with van der Waals surface area (Å²) in [5.74, 6) is -0.108. The van der Waals surface area contributed by atoms with Crippen LogP contribution in [-0.2, 0) is 11.8 Å². The maximum atomic E-state index is 14.2. The summed E-state index contributed by atoms with van der Waals surface area (Å²) in [5.41, 5.74) is 1.60. The molecule has 1 amide bonds. The van der Waals surface area contributed by atoms with E-state index < -0.39 is 30.2 Å². The minimum absolute atomic E-state index is 0.0258. The maximum absolute atomic E-state index is 14.2. The molecular formula is C25H23ClF2N6O3. The number of carbonyl (C=O) groups excluding carboxylic acids is 1. The van der Waals surface area contributed by atoms with Gasteiger partial charge in [-0.3, -0.25) is 4.68 Å². The number of aromatic nitrogens is 4. The van der Waals surface area contributed by atoms with E-state index in [1.54, 1.807) is 54.6 Å². The SMILES string of the molecule is Cn1cc([C@@H](NC(=O)Oc2ccc3cnc(N[C@H]4CCOC[C@H]4F)nc3c2)c2ccc(Cl)c(F)c2)cn1. The topological polar surface area (TPSA) is 103 Å². The molecule has 37 heavy (non-hydrogen) atoms. The van der Waals surface area contributed by atoms with Crippen molar-refractivity contribution >= 4 is 34.5 Å². The number of amides is 1. The first-order valence-corrected chi connectivity index (χ1v) is 11.9. The van der Waals surface area contributed by atoms with Crippen LogP contribution in [0.5, 0.6) is 5.75 Å². The lowest BCUT2D eigenvalue weighted by molar-refractivity contribution is 0.0284. The van der Waals surface area contributed by atoms with E-state index in [9.17, 15) is 13.6 Å². The number of hydrogen-bond donors (Lipinski definition) is 2. The van der Waals surface area contributed by atoms with Crippen LogP contribution in [0.2, 0.25) is 5.02 Å². The van der Waals surface area contributed by atoms with Gasteiger partial charge in [0.25, 0.3) is 0 Å². The van der Waals surface area contributed by atoms with Crippen LogP contribution in [0.25, 0.3) is 10.9 Å². The van der Waals surface area contributed by atoms with Gasteiger partial charge >= 0.3 is 6.09 Å². The zero-order valence-electron chi connectivity index (χ0n) is 19.7. The van der Waals surface area contributed by atoms with E-state index in [-0.39, 0.29) is 23.3 Å². The molecule has 12 heteroatoms. The average Bonchev–Trinajstić information content (AvgIpc) is 3.31. The molecule has 9 nitrogen and oxygen atoms in total. The van der Waals surface area contributed by atoms with Crippen molar-refractivity contribution in [2.45, 2.75) is 24.7 Å². The standard InChI is InChI=1S/C25H23ClF2N6O3/c1-34-12-16(11-30-34)23(14-3-5-18(26)19(27)8-14)33-25(35)37-17-4-2-15-10-29-24(32-22(15)9-17)31-21-6-7-36-13-20(21)28/h2-5,8-12,20-21,23H,6-7,13H2,1H3,(H,33,35)(H,29,31,32)/t20-,21+,23+/m1/s1. The first kappa shape index (κ1) is 24.8. The fraction of sp³-hybridized carbons (Fsp3) is 0.280. The molecule has 3 atom stereocenters. The van der Waals surface area contributed by atoms with Crippen LogP contribution in [0.3, 0.4) is 0 Å². The van der Waals surface area contributed by atoms with Crippen molar-refractivity contribution in [2.75, 3.05) is 18.5 Å². The third-order valence-corrected chi connectivity index (χ3v) is 6.27. The maximum Gasteiger partial charge on any atom is 0.413 e. The largest absolute Gasteiger partial charge is 0.413 e. The molecule has 1 aliphatic heterocycles. The first-order chi connectivity index (χ1) is 17.9. The van der Waals surface area contributed by atoms with Crippen molar-refractivity contribution in [3.05, 3.63) is 77.0 Å². The van der Waals surface area contributed by atoms with Gasteiger partial charge in [0.1, 0.15) is 17.7 Å². The van der Waals surface area contributed by atoms with Gasteiger partial charge in [-0.25, -0.2) is 23.5 Å². The Hall–Kier alpha value is -3.83. The molecular weight excluding hydrogens is 506 g/mol. The summed E-state index contributed by atoms with van der Waals surface area (Å²) in [7, 11) is 1.73. The molecule has 3 heterocycles. The van der Waals surface area contributed by atoms with E-state index in [1.165, 1.54) is 12.1 Å². The summed E-state index contributed by atoms with van der Waals surface area (Å²) in [6.45, 7) is 0.489. The third kappa shape index (κ3) is 5.78. The quantitative estimate of drug-likeness (QED) is 0.378. The lowest BCUT2D eigenvalue weighted by Gasteiger charge is -2.26. The number of anilines is 1. The predicted octanol–water partition coefficient (Wildman–Crippen LogP) is 4.57. The molecule has 4 aromatic rings. The number of aryl methyl sites for hydroxylation is 1. The number of carbonyl (C=O) groups is 1. The lowest BCUT2D eigenvalue weighted by atomic mass is 10.0. The van der Waals surface area contributed by atoms with E-state index >= 15 is 0 Å². The predicted molar refractivity (Wildman–Crippen MR) is 133 cm³/mol. The Labute approximate surface area is 215 Å². The van der Waals surface area contributed by atoms with Crippen LogP contribution in [0.1, 0.15) is 23.6 Å². The summed E-state index contributed by atoms with van der Waals surface area (Å²) in [6.07, 6.45) is 3.46. The van der Waals surface area contributed by atoms with Crippen molar-refractivity contribution in [1.82, 2.24) is 25.1 Å². The summed E-state index contributed by atoms with van der Waals surface area (Å²) >= 11 is 5.83. The van der Waals surface area contributed by atoms with Gasteiger partial charge < -0.3 is 20.1 Å². The smallest absolute Gasteiger partial charge is 0.410 e. The Morgan fingerprint density at radius 1 is 1.24 bits per heavy atom. The monoisotopic (exact) mass is 528 g/mol. The second-order valence-electron chi connectivity index (χ2n) is 8.63. The Morgan fingerprint density at radius 3 is 2.86 bits per heavy atom. The summed E-state index contributed by atoms with van der Waals surface area (Å²) < 4.78 is 40.5. The molecule has 0 bridgehead atoms. The van der Waals surface area contributed by atoms with Crippen molar-refractivity contribution in [2.24, 2.45) is 7.05 Å². The second-order valence-corrected chi connectivity index (χ2v) is 9.04. The van der Waals surface area contributed by atoms with Gasteiger partial charge in [-0.2, -0.15) is 5.10 Å². The second kappa shape index (κ2) is 10.7. The Morgan fingerprint density at radius 2 is 2.11 bits per heavy atom. The third-order valence-electron chi connectivity index (χ3n) is 5.96. The molecule has 1 fully saturated rings. The highest BCUT2D eigenvalue weighted by Crippen LogP contribution is 2.26. The highest BCUT2D eigenvalue weighted by atomic mass is 35.5. The van der Waals surface area contributed by atoms with Gasteiger partial charge in [0, 0.05) is 43.1 Å². The Balaban J connectivity index is 1.33. The molecule has 0 spiro atoms. The Bertz CT molecular complexity index is 1430. The van der Waals surface area contributed by atoms with Crippen molar-refractivity contribution in [1.29, 1.82) is 0 Å². The fourth-order valence-electron chi connectivity index (χ4n) is 4.06. The van der Waals surface area contributed by atoms with E-state index in [4.69, 9.17) is 21.1 Å². The number of nitrogens with one attached hydrogen (secondary N) is 2. The van der Waals surface area contributed by atoms with E-state index in [2.05, 4.69) is 25.7 Å². The van der Waals surface area contributed by atoms with Crippen molar-refractivity contribution in [3.8, 4) is 5.75 Å². The van der Waals surface area contributed by atoms with Gasteiger partial charge in [0.2, 0.25) is 5.95 Å². The minimum Gasteiger partial charge on any atom is -0.410 e. The zero-order valence-corrected chi connectivity index (χ0v) is 20.5. The number of rotatable bonds is 6. The molecule has 0 saturated carbocycles. The van der Waals surface area contributed by atoms with Crippen LogP contribution in [-0.4, -0.2) is 51.3 Å². The molecule has 0 radical (unpaired) electrons. The molecule has 192 valence electrons. The lowest BCUT2D eigenvalue weighted by Crippen LogP contribution is -2.39. The normalized spacial score (nSPS) is 18.4. The van der Waals surface area contributed by atoms with Crippen molar-refractivity contribution in [3.63, 3.8) is 0 Å². The van der Waals surface area contributed by atoms with Gasteiger partial charge in [-0.05, 0) is 36.2 Å². The van der Waals surface area contributed by atoms with Gasteiger partial charge in [-0.1, -0.05) is 17.7 Å². The number of halogens is 3. The molecule has 1 aliphatic rings. The first-order valence-electron chi connectivity index (χ1n) is 11.5. The van der Waals surface area contributed by atoms with E-state index in [0.717, 1.165) is 0 Å². The van der Waals surface area contributed by atoms with Crippen LogP contribution < -0.4 is 15.4 Å².